The standard InChI is InChI=1S/C18H35NO2/c1-3-4-5-6-7-8-9-12-17(2)16-21-18(20)15-19-13-10-11-14-19/h17H,3-16H2,1-2H3/t17-/m1/s1. The molecule has 0 spiro atoms. The minimum absolute atomic E-state index is 0.0386. The predicted molar refractivity (Wildman–Crippen MR) is 88.4 cm³/mol. The van der Waals surface area contributed by atoms with Crippen LogP contribution in [0.25, 0.3) is 0 Å². The van der Waals surface area contributed by atoms with E-state index < -0.39 is 0 Å². The van der Waals surface area contributed by atoms with Crippen LogP contribution in [0.3, 0.4) is 0 Å². The smallest absolute Gasteiger partial charge is 0.320 e. The summed E-state index contributed by atoms with van der Waals surface area (Å²) in [4.78, 5) is 13.9. The quantitative estimate of drug-likeness (QED) is 0.395. The van der Waals surface area contributed by atoms with Crippen molar-refractivity contribution in [2.75, 3.05) is 26.2 Å². The predicted octanol–water partition coefficient (Wildman–Crippen LogP) is 4.40. The van der Waals surface area contributed by atoms with E-state index in [1.165, 1.54) is 64.2 Å². The van der Waals surface area contributed by atoms with Gasteiger partial charge in [-0.05, 0) is 38.3 Å². The zero-order valence-corrected chi connectivity index (χ0v) is 14.2. The summed E-state index contributed by atoms with van der Waals surface area (Å²) >= 11 is 0. The maximum atomic E-state index is 11.7. The zero-order valence-electron chi connectivity index (χ0n) is 14.2. The van der Waals surface area contributed by atoms with Crippen LogP contribution in [0.5, 0.6) is 0 Å². The highest BCUT2D eigenvalue weighted by atomic mass is 16.5. The topological polar surface area (TPSA) is 29.5 Å². The van der Waals surface area contributed by atoms with Crippen molar-refractivity contribution < 1.29 is 9.53 Å². The van der Waals surface area contributed by atoms with Gasteiger partial charge in [0.2, 0.25) is 0 Å². The molecule has 124 valence electrons. The Morgan fingerprint density at radius 3 is 2.33 bits per heavy atom. The Labute approximate surface area is 131 Å². The lowest BCUT2D eigenvalue weighted by Crippen LogP contribution is -2.29. The molecule has 0 saturated carbocycles. The number of rotatable bonds is 12. The minimum Gasteiger partial charge on any atom is -0.464 e. The highest BCUT2D eigenvalue weighted by Crippen LogP contribution is 2.13. The molecular weight excluding hydrogens is 262 g/mol. The van der Waals surface area contributed by atoms with Crippen LogP contribution in [0.2, 0.25) is 0 Å². The average molecular weight is 297 g/mol. The minimum atomic E-state index is -0.0386. The third-order valence-corrected chi connectivity index (χ3v) is 4.38. The fourth-order valence-corrected chi connectivity index (χ4v) is 2.94. The van der Waals surface area contributed by atoms with E-state index >= 15 is 0 Å². The van der Waals surface area contributed by atoms with Gasteiger partial charge in [0, 0.05) is 0 Å². The molecule has 0 aromatic rings. The highest BCUT2D eigenvalue weighted by Gasteiger charge is 2.16. The molecule has 0 radical (unpaired) electrons. The monoisotopic (exact) mass is 297 g/mol. The molecular formula is C18H35NO2. The van der Waals surface area contributed by atoms with E-state index in [9.17, 15) is 4.79 Å². The SMILES string of the molecule is CCCCCCCCC[C@@H](C)COC(=O)CN1CCCC1. The Morgan fingerprint density at radius 2 is 1.67 bits per heavy atom. The lowest BCUT2D eigenvalue weighted by atomic mass is 10.0. The number of ether oxygens (including phenoxy) is 1. The Bertz CT molecular complexity index is 262. The molecule has 1 saturated heterocycles. The van der Waals surface area contributed by atoms with E-state index in [0.29, 0.717) is 19.1 Å². The molecule has 3 nitrogen and oxygen atoms in total. The Balaban J connectivity index is 1.90. The first kappa shape index (κ1) is 18.5. The molecule has 1 heterocycles. The number of unbranched alkanes of at least 4 members (excludes halogenated alkanes) is 6. The van der Waals surface area contributed by atoms with E-state index in [-0.39, 0.29) is 5.97 Å². The summed E-state index contributed by atoms with van der Waals surface area (Å²) in [6, 6.07) is 0. The van der Waals surface area contributed by atoms with E-state index in [2.05, 4.69) is 18.7 Å². The summed E-state index contributed by atoms with van der Waals surface area (Å²) in [5.74, 6) is 0.464. The summed E-state index contributed by atoms with van der Waals surface area (Å²) < 4.78 is 5.40. The van der Waals surface area contributed by atoms with Crippen LogP contribution in [0, 0.1) is 5.92 Å². The second kappa shape index (κ2) is 12.0. The molecule has 0 aromatic heterocycles. The first-order valence-electron chi connectivity index (χ1n) is 9.10. The number of nitrogens with zero attached hydrogens (tertiary/aromatic N) is 1. The van der Waals surface area contributed by atoms with Crippen LogP contribution in [0.1, 0.15) is 78.1 Å². The van der Waals surface area contributed by atoms with E-state index in [0.717, 1.165) is 13.1 Å². The molecule has 0 unspecified atom stereocenters. The van der Waals surface area contributed by atoms with Gasteiger partial charge in [0.1, 0.15) is 0 Å². The van der Waals surface area contributed by atoms with Crippen molar-refractivity contribution in [3.63, 3.8) is 0 Å². The fraction of sp³-hybridized carbons (Fsp3) is 0.944. The Morgan fingerprint density at radius 1 is 1.05 bits per heavy atom. The largest absolute Gasteiger partial charge is 0.464 e. The summed E-state index contributed by atoms with van der Waals surface area (Å²) in [6.07, 6.45) is 13.1. The van der Waals surface area contributed by atoms with Crippen LogP contribution in [-0.4, -0.2) is 37.1 Å². The van der Waals surface area contributed by atoms with Crippen molar-refractivity contribution in [2.24, 2.45) is 5.92 Å². The van der Waals surface area contributed by atoms with Gasteiger partial charge in [-0.3, -0.25) is 9.69 Å². The molecule has 0 amide bonds. The van der Waals surface area contributed by atoms with Gasteiger partial charge in [0.15, 0.2) is 0 Å². The van der Waals surface area contributed by atoms with E-state index in [4.69, 9.17) is 4.74 Å². The van der Waals surface area contributed by atoms with Gasteiger partial charge >= 0.3 is 5.97 Å². The number of hydrogen-bond acceptors (Lipinski definition) is 3. The van der Waals surface area contributed by atoms with Crippen molar-refractivity contribution in [1.29, 1.82) is 0 Å². The van der Waals surface area contributed by atoms with E-state index in [1.54, 1.807) is 0 Å². The molecule has 21 heavy (non-hydrogen) atoms. The van der Waals surface area contributed by atoms with Crippen molar-refractivity contribution >= 4 is 5.97 Å². The van der Waals surface area contributed by atoms with Crippen LogP contribution < -0.4 is 0 Å². The van der Waals surface area contributed by atoms with Gasteiger partial charge in [-0.1, -0.05) is 58.8 Å². The second-order valence-corrected chi connectivity index (χ2v) is 6.68. The van der Waals surface area contributed by atoms with Gasteiger partial charge in [-0.2, -0.15) is 0 Å². The van der Waals surface area contributed by atoms with Crippen molar-refractivity contribution in [2.45, 2.75) is 78.1 Å². The third kappa shape index (κ3) is 9.89. The van der Waals surface area contributed by atoms with Crippen LogP contribution in [-0.2, 0) is 9.53 Å². The average Bonchev–Trinajstić information content (AvgIpc) is 2.97. The van der Waals surface area contributed by atoms with Gasteiger partial charge in [0.25, 0.3) is 0 Å². The molecule has 1 aliphatic heterocycles. The maximum absolute atomic E-state index is 11.7. The lowest BCUT2D eigenvalue weighted by molar-refractivity contribution is -0.146. The lowest BCUT2D eigenvalue weighted by Gasteiger charge is -2.16. The van der Waals surface area contributed by atoms with Crippen LogP contribution >= 0.6 is 0 Å². The molecule has 1 rings (SSSR count). The normalized spacial score (nSPS) is 17.0. The van der Waals surface area contributed by atoms with Crippen molar-refractivity contribution in [3.8, 4) is 0 Å². The molecule has 0 aliphatic carbocycles. The van der Waals surface area contributed by atoms with Gasteiger partial charge in [0.05, 0.1) is 13.2 Å². The number of esters is 1. The zero-order chi connectivity index (χ0) is 15.3. The first-order valence-corrected chi connectivity index (χ1v) is 9.10. The second-order valence-electron chi connectivity index (χ2n) is 6.68. The fourth-order valence-electron chi connectivity index (χ4n) is 2.94. The molecule has 3 heteroatoms. The molecule has 1 fully saturated rings. The third-order valence-electron chi connectivity index (χ3n) is 4.38. The first-order chi connectivity index (χ1) is 10.2. The maximum Gasteiger partial charge on any atom is 0.320 e. The van der Waals surface area contributed by atoms with Gasteiger partial charge in [-0.15, -0.1) is 0 Å². The summed E-state index contributed by atoms with van der Waals surface area (Å²) in [5.41, 5.74) is 0. The van der Waals surface area contributed by atoms with Crippen molar-refractivity contribution in [1.82, 2.24) is 4.90 Å². The molecule has 1 aliphatic rings. The van der Waals surface area contributed by atoms with Gasteiger partial charge in [-0.25, -0.2) is 0 Å². The Kier molecular flexibility index (Phi) is 10.6. The molecule has 0 aromatic carbocycles. The number of hydrogen-bond donors (Lipinski definition) is 0. The van der Waals surface area contributed by atoms with Crippen LogP contribution in [0.4, 0.5) is 0 Å². The van der Waals surface area contributed by atoms with E-state index in [1.807, 2.05) is 0 Å². The summed E-state index contributed by atoms with van der Waals surface area (Å²) in [7, 11) is 0. The van der Waals surface area contributed by atoms with Crippen molar-refractivity contribution in [3.05, 3.63) is 0 Å². The van der Waals surface area contributed by atoms with Gasteiger partial charge < -0.3 is 4.74 Å². The highest BCUT2D eigenvalue weighted by molar-refractivity contribution is 5.71. The molecule has 0 N–H and O–H groups in total. The summed E-state index contributed by atoms with van der Waals surface area (Å²) in [6.45, 7) is 7.66. The number of carbonyl (C=O) groups is 1. The van der Waals surface area contributed by atoms with Crippen LogP contribution in [0.15, 0.2) is 0 Å². The summed E-state index contributed by atoms with van der Waals surface area (Å²) in [5, 5.41) is 0. The molecule has 0 bridgehead atoms. The number of likely N-dealkylation sites (tertiary alicyclic amines) is 1. The number of carbonyl (C=O) groups excluding carboxylic acids is 1. The molecule has 1 atom stereocenters. The Hall–Kier alpha value is -0.570.